The second kappa shape index (κ2) is 7.43. The van der Waals surface area contributed by atoms with Gasteiger partial charge in [-0.25, -0.2) is 8.78 Å². The van der Waals surface area contributed by atoms with Crippen molar-refractivity contribution in [3.8, 4) is 22.3 Å². The van der Waals surface area contributed by atoms with Crippen LogP contribution in [0.2, 0.25) is 0 Å². The fourth-order valence-electron chi connectivity index (χ4n) is 2.74. The molecule has 3 aromatic carbocycles. The first-order chi connectivity index (χ1) is 11.6. The van der Waals surface area contributed by atoms with E-state index in [9.17, 15) is 8.78 Å². The van der Waals surface area contributed by atoms with Crippen molar-refractivity contribution in [1.29, 1.82) is 0 Å². The molecule has 0 heterocycles. The van der Waals surface area contributed by atoms with Gasteiger partial charge in [-0.1, -0.05) is 55.8 Å². The summed E-state index contributed by atoms with van der Waals surface area (Å²) in [5.41, 5.74) is 4.05. The van der Waals surface area contributed by atoms with Gasteiger partial charge in [-0.15, -0.1) is 0 Å². The summed E-state index contributed by atoms with van der Waals surface area (Å²) in [5.74, 6) is -0.672. The van der Waals surface area contributed by atoms with E-state index >= 15 is 0 Å². The Bertz CT molecular complexity index is 854. The van der Waals surface area contributed by atoms with Crippen LogP contribution in [-0.4, -0.2) is 0 Å². The molecular formula is C21H17F2I. The van der Waals surface area contributed by atoms with Crippen molar-refractivity contribution in [2.75, 3.05) is 0 Å². The molecule has 3 aromatic rings. The van der Waals surface area contributed by atoms with Gasteiger partial charge in [0, 0.05) is 9.13 Å². The second-order valence-electron chi connectivity index (χ2n) is 5.77. The SMILES string of the molecule is CCCc1ccc(-c2ccc(-c3ccc(I)c(F)c3)c(F)c2)cc1. The lowest BCUT2D eigenvalue weighted by Crippen LogP contribution is -1.89. The summed E-state index contributed by atoms with van der Waals surface area (Å²) in [6, 6.07) is 18.1. The summed E-state index contributed by atoms with van der Waals surface area (Å²) in [7, 11) is 0. The Morgan fingerprint density at radius 3 is 2.00 bits per heavy atom. The topological polar surface area (TPSA) is 0 Å². The first-order valence-electron chi connectivity index (χ1n) is 7.93. The van der Waals surface area contributed by atoms with E-state index in [-0.39, 0.29) is 11.6 Å². The molecule has 0 N–H and O–H groups in total. The summed E-state index contributed by atoms with van der Waals surface area (Å²) in [5, 5.41) is 0. The van der Waals surface area contributed by atoms with Crippen LogP contribution in [0.1, 0.15) is 18.9 Å². The Balaban J connectivity index is 1.93. The molecule has 3 rings (SSSR count). The van der Waals surface area contributed by atoms with Crippen LogP contribution in [0.3, 0.4) is 0 Å². The minimum absolute atomic E-state index is 0.330. The zero-order valence-corrected chi connectivity index (χ0v) is 15.5. The molecule has 24 heavy (non-hydrogen) atoms. The molecule has 0 saturated carbocycles. The second-order valence-corrected chi connectivity index (χ2v) is 6.93. The van der Waals surface area contributed by atoms with E-state index < -0.39 is 0 Å². The fourth-order valence-corrected chi connectivity index (χ4v) is 3.08. The molecule has 0 spiro atoms. The highest BCUT2D eigenvalue weighted by Crippen LogP contribution is 2.29. The monoisotopic (exact) mass is 434 g/mol. The van der Waals surface area contributed by atoms with Crippen molar-refractivity contribution >= 4 is 22.6 Å². The lowest BCUT2D eigenvalue weighted by Gasteiger charge is -2.08. The Kier molecular flexibility index (Phi) is 5.29. The van der Waals surface area contributed by atoms with Gasteiger partial charge in [0.15, 0.2) is 0 Å². The zero-order chi connectivity index (χ0) is 17.1. The van der Waals surface area contributed by atoms with Gasteiger partial charge in [0.2, 0.25) is 0 Å². The van der Waals surface area contributed by atoms with Gasteiger partial charge in [0.05, 0.1) is 0 Å². The predicted octanol–water partition coefficient (Wildman–Crippen LogP) is 6.86. The summed E-state index contributed by atoms with van der Waals surface area (Å²) < 4.78 is 28.8. The Hall–Kier alpha value is -1.75. The number of halogens is 3. The molecule has 0 nitrogen and oxygen atoms in total. The average molecular weight is 434 g/mol. The predicted molar refractivity (Wildman–Crippen MR) is 104 cm³/mol. The average Bonchev–Trinajstić information content (AvgIpc) is 2.58. The van der Waals surface area contributed by atoms with Crippen LogP contribution in [0, 0.1) is 15.2 Å². The van der Waals surface area contributed by atoms with Gasteiger partial charge < -0.3 is 0 Å². The molecular weight excluding hydrogens is 417 g/mol. The maximum atomic E-state index is 14.5. The first-order valence-corrected chi connectivity index (χ1v) is 9.00. The van der Waals surface area contributed by atoms with Crippen LogP contribution in [0.4, 0.5) is 8.78 Å². The molecule has 0 fully saturated rings. The quantitative estimate of drug-likeness (QED) is 0.394. The van der Waals surface area contributed by atoms with Gasteiger partial charge in [0.1, 0.15) is 11.6 Å². The largest absolute Gasteiger partial charge is 0.206 e. The third-order valence-corrected chi connectivity index (χ3v) is 4.90. The van der Waals surface area contributed by atoms with E-state index in [2.05, 4.69) is 19.1 Å². The molecule has 0 aromatic heterocycles. The van der Waals surface area contributed by atoms with Crippen LogP contribution in [0.15, 0.2) is 60.7 Å². The Labute approximate surface area is 154 Å². The number of hydrogen-bond acceptors (Lipinski definition) is 0. The number of rotatable bonds is 4. The highest BCUT2D eigenvalue weighted by molar-refractivity contribution is 14.1. The van der Waals surface area contributed by atoms with Crippen molar-refractivity contribution in [3.63, 3.8) is 0 Å². The van der Waals surface area contributed by atoms with E-state index in [0.717, 1.165) is 24.0 Å². The molecule has 0 aliphatic heterocycles. The molecule has 0 radical (unpaired) electrons. The van der Waals surface area contributed by atoms with Crippen molar-refractivity contribution in [2.24, 2.45) is 0 Å². The highest BCUT2D eigenvalue weighted by Gasteiger charge is 2.09. The summed E-state index contributed by atoms with van der Waals surface area (Å²) >= 11 is 1.92. The molecule has 0 aliphatic carbocycles. The molecule has 0 bridgehead atoms. The maximum absolute atomic E-state index is 14.5. The van der Waals surface area contributed by atoms with E-state index in [1.165, 1.54) is 17.7 Å². The fraction of sp³-hybridized carbons (Fsp3) is 0.143. The lowest BCUT2D eigenvalue weighted by molar-refractivity contribution is 0.619. The van der Waals surface area contributed by atoms with E-state index in [4.69, 9.17) is 0 Å². The van der Waals surface area contributed by atoms with Gasteiger partial charge in [-0.3, -0.25) is 0 Å². The van der Waals surface area contributed by atoms with E-state index in [0.29, 0.717) is 14.7 Å². The van der Waals surface area contributed by atoms with Crippen LogP contribution >= 0.6 is 22.6 Å². The van der Waals surface area contributed by atoms with E-state index in [1.807, 2.05) is 40.8 Å². The third-order valence-electron chi connectivity index (χ3n) is 4.03. The van der Waals surface area contributed by atoms with E-state index in [1.54, 1.807) is 18.2 Å². The minimum Gasteiger partial charge on any atom is -0.206 e. The first kappa shape index (κ1) is 17.1. The van der Waals surface area contributed by atoms with Crippen LogP contribution in [0.25, 0.3) is 22.3 Å². The lowest BCUT2D eigenvalue weighted by atomic mass is 9.98. The standard InChI is InChI=1S/C21H17F2I/c1-2-3-14-4-6-15(7-5-14)16-8-10-18(19(22)12-16)17-9-11-21(24)20(23)13-17/h4-13H,2-3H2,1H3. The van der Waals surface area contributed by atoms with Crippen molar-refractivity contribution in [3.05, 3.63) is 81.4 Å². The highest BCUT2D eigenvalue weighted by atomic mass is 127. The molecule has 0 atom stereocenters. The molecule has 0 unspecified atom stereocenters. The Morgan fingerprint density at radius 2 is 1.38 bits per heavy atom. The summed E-state index contributed by atoms with van der Waals surface area (Å²) in [6.07, 6.45) is 2.15. The van der Waals surface area contributed by atoms with Gasteiger partial charge in [0.25, 0.3) is 0 Å². The van der Waals surface area contributed by atoms with Crippen LogP contribution in [0.5, 0.6) is 0 Å². The minimum atomic E-state index is -0.342. The normalized spacial score (nSPS) is 10.8. The molecule has 122 valence electrons. The zero-order valence-electron chi connectivity index (χ0n) is 13.3. The number of benzene rings is 3. The van der Waals surface area contributed by atoms with Gasteiger partial charge >= 0.3 is 0 Å². The van der Waals surface area contributed by atoms with Gasteiger partial charge in [-0.2, -0.15) is 0 Å². The van der Waals surface area contributed by atoms with Gasteiger partial charge in [-0.05, 0) is 69.5 Å². The van der Waals surface area contributed by atoms with Crippen LogP contribution < -0.4 is 0 Å². The third kappa shape index (κ3) is 3.66. The van der Waals surface area contributed by atoms with Crippen molar-refractivity contribution in [1.82, 2.24) is 0 Å². The van der Waals surface area contributed by atoms with Crippen molar-refractivity contribution < 1.29 is 8.78 Å². The number of hydrogen-bond donors (Lipinski definition) is 0. The number of aryl methyl sites for hydroxylation is 1. The molecule has 0 amide bonds. The van der Waals surface area contributed by atoms with Crippen molar-refractivity contribution in [2.45, 2.75) is 19.8 Å². The van der Waals surface area contributed by atoms with Crippen LogP contribution in [-0.2, 0) is 6.42 Å². The maximum Gasteiger partial charge on any atom is 0.137 e. The summed E-state index contributed by atoms with van der Waals surface area (Å²) in [6.45, 7) is 2.15. The molecule has 3 heteroatoms. The summed E-state index contributed by atoms with van der Waals surface area (Å²) in [4.78, 5) is 0. The Morgan fingerprint density at radius 1 is 0.750 bits per heavy atom. The smallest absolute Gasteiger partial charge is 0.137 e. The molecule has 0 saturated heterocycles. The molecule has 0 aliphatic rings.